The minimum absolute atomic E-state index is 0.326. The van der Waals surface area contributed by atoms with Crippen LogP contribution in [-0.2, 0) is 6.42 Å². The summed E-state index contributed by atoms with van der Waals surface area (Å²) in [5.74, 6) is 0.451. The van der Waals surface area contributed by atoms with Crippen LogP contribution in [0, 0.1) is 0 Å². The molecule has 5 aromatic rings. The molecule has 0 fully saturated rings. The number of hydrogen-bond acceptors (Lipinski definition) is 5. The Kier molecular flexibility index (Phi) is 7.00. The quantitative estimate of drug-likeness (QED) is 0.259. The predicted octanol–water partition coefficient (Wildman–Crippen LogP) is 6.23. The van der Waals surface area contributed by atoms with Gasteiger partial charge in [-0.25, -0.2) is 19.4 Å². The van der Waals surface area contributed by atoms with Crippen molar-refractivity contribution >= 4 is 17.7 Å². The molecule has 0 bridgehead atoms. The van der Waals surface area contributed by atoms with Gasteiger partial charge in [-0.2, -0.15) is 0 Å². The number of urea groups is 1. The molecule has 0 aliphatic rings. The van der Waals surface area contributed by atoms with Crippen LogP contribution in [0.15, 0.2) is 91.5 Å². The van der Waals surface area contributed by atoms with Gasteiger partial charge in [0.1, 0.15) is 12.1 Å². The number of alkyl halides is 3. The second-order valence-corrected chi connectivity index (χ2v) is 8.35. The maximum Gasteiger partial charge on any atom is 0.573 e. The number of aryl methyl sites for hydroxylation is 1. The lowest BCUT2D eigenvalue weighted by atomic mass is 10.1. The fourth-order valence-electron chi connectivity index (χ4n) is 3.78. The van der Waals surface area contributed by atoms with E-state index in [0.29, 0.717) is 28.7 Å². The van der Waals surface area contributed by atoms with Gasteiger partial charge in [-0.15, -0.1) is 18.3 Å². The Morgan fingerprint density at radius 2 is 1.59 bits per heavy atom. The van der Waals surface area contributed by atoms with Crippen LogP contribution in [-0.4, -0.2) is 36.7 Å². The first-order valence-electron chi connectivity index (χ1n) is 11.9. The number of aromatic nitrogens is 5. The van der Waals surface area contributed by atoms with E-state index in [1.54, 1.807) is 41.2 Å². The lowest BCUT2D eigenvalue weighted by Crippen LogP contribution is -2.21. The van der Waals surface area contributed by atoms with Crippen molar-refractivity contribution < 1.29 is 22.7 Å². The summed E-state index contributed by atoms with van der Waals surface area (Å²) in [6, 6.07) is 19.7. The van der Waals surface area contributed by atoms with Gasteiger partial charge in [-0.05, 0) is 72.6 Å². The van der Waals surface area contributed by atoms with E-state index in [1.807, 2.05) is 24.3 Å². The number of amides is 2. The largest absolute Gasteiger partial charge is 0.573 e. The number of carbonyl (C=O) groups excluding carboxylic acids is 1. The molecule has 2 aromatic heterocycles. The number of nitrogens with zero attached hydrogens (tertiary/aromatic N) is 5. The Bertz CT molecular complexity index is 1560. The van der Waals surface area contributed by atoms with E-state index in [2.05, 4.69) is 37.4 Å². The zero-order valence-corrected chi connectivity index (χ0v) is 20.6. The Morgan fingerprint density at radius 3 is 2.26 bits per heavy atom. The number of nitrogens with one attached hydrogen (secondary N) is 2. The van der Waals surface area contributed by atoms with Crippen molar-refractivity contribution in [3.63, 3.8) is 0 Å². The minimum Gasteiger partial charge on any atom is -0.406 e. The van der Waals surface area contributed by atoms with E-state index in [-0.39, 0.29) is 5.75 Å². The van der Waals surface area contributed by atoms with E-state index < -0.39 is 12.4 Å². The standard InChI is InChI=1S/C27H22F3N7O2/c1-2-18-3-9-21(10-4-18)36-16-15-31-25(36)34-26(38)33-20-7-5-19(6-8-20)24-32-17-37(35-24)22-11-13-23(14-12-22)39-27(28,29)30/h3-17H,2H2,1H3,(H2,31,33,34,38). The van der Waals surface area contributed by atoms with Gasteiger partial charge in [-0.1, -0.05) is 19.1 Å². The molecule has 5 rings (SSSR count). The maximum atomic E-state index is 12.6. The Balaban J connectivity index is 1.21. The highest BCUT2D eigenvalue weighted by Crippen LogP contribution is 2.24. The molecule has 2 heterocycles. The molecule has 198 valence electrons. The van der Waals surface area contributed by atoms with E-state index in [0.717, 1.165) is 12.1 Å². The van der Waals surface area contributed by atoms with Crippen LogP contribution in [0.5, 0.6) is 5.75 Å². The van der Waals surface area contributed by atoms with Crippen LogP contribution < -0.4 is 15.4 Å². The number of benzene rings is 3. The molecule has 0 unspecified atom stereocenters. The first kappa shape index (κ1) is 25.5. The first-order chi connectivity index (χ1) is 18.8. The van der Waals surface area contributed by atoms with Crippen molar-refractivity contribution in [1.29, 1.82) is 0 Å². The molecule has 0 atom stereocenters. The number of hydrogen-bond donors (Lipinski definition) is 2. The third-order valence-electron chi connectivity index (χ3n) is 5.72. The highest BCUT2D eigenvalue weighted by atomic mass is 19.4. The molecule has 0 aliphatic carbocycles. The average molecular weight is 534 g/mol. The summed E-state index contributed by atoms with van der Waals surface area (Å²) in [6.45, 7) is 2.09. The van der Waals surface area contributed by atoms with Gasteiger partial charge < -0.3 is 10.1 Å². The van der Waals surface area contributed by atoms with Crippen molar-refractivity contribution in [2.45, 2.75) is 19.7 Å². The van der Waals surface area contributed by atoms with Crippen molar-refractivity contribution in [3.8, 4) is 28.5 Å². The molecular formula is C27H22F3N7O2. The number of rotatable bonds is 7. The normalized spacial score (nSPS) is 11.3. The fraction of sp³-hybridized carbons (Fsp3) is 0.111. The van der Waals surface area contributed by atoms with Gasteiger partial charge >= 0.3 is 12.4 Å². The molecule has 0 saturated heterocycles. The molecule has 2 N–H and O–H groups in total. The van der Waals surface area contributed by atoms with Crippen LogP contribution in [0.4, 0.5) is 29.6 Å². The molecule has 9 nitrogen and oxygen atoms in total. The summed E-state index contributed by atoms with van der Waals surface area (Å²) in [4.78, 5) is 21.1. The fourth-order valence-corrected chi connectivity index (χ4v) is 3.78. The smallest absolute Gasteiger partial charge is 0.406 e. The van der Waals surface area contributed by atoms with Gasteiger partial charge in [0.15, 0.2) is 5.82 Å². The summed E-state index contributed by atoms with van der Waals surface area (Å²) in [5.41, 5.74) is 3.83. The van der Waals surface area contributed by atoms with Gasteiger partial charge in [-0.3, -0.25) is 9.88 Å². The lowest BCUT2D eigenvalue weighted by Gasteiger charge is -2.11. The van der Waals surface area contributed by atoms with E-state index in [1.165, 1.54) is 40.8 Å². The third kappa shape index (κ3) is 6.24. The zero-order chi connectivity index (χ0) is 27.4. The Morgan fingerprint density at radius 1 is 0.897 bits per heavy atom. The minimum atomic E-state index is -4.76. The number of imidazole rings is 1. The molecule has 0 spiro atoms. The second kappa shape index (κ2) is 10.7. The number of ether oxygens (including phenoxy) is 1. The van der Waals surface area contributed by atoms with Crippen molar-refractivity contribution in [2.75, 3.05) is 10.6 Å². The highest BCUT2D eigenvalue weighted by molar-refractivity contribution is 5.99. The maximum absolute atomic E-state index is 12.6. The van der Waals surface area contributed by atoms with E-state index >= 15 is 0 Å². The summed E-state index contributed by atoms with van der Waals surface area (Å²) < 4.78 is 44.2. The molecule has 3 aromatic carbocycles. The highest BCUT2D eigenvalue weighted by Gasteiger charge is 2.31. The van der Waals surface area contributed by atoms with Gasteiger partial charge in [0, 0.05) is 29.3 Å². The van der Waals surface area contributed by atoms with E-state index in [9.17, 15) is 18.0 Å². The van der Waals surface area contributed by atoms with Gasteiger partial charge in [0.2, 0.25) is 5.95 Å². The predicted molar refractivity (Wildman–Crippen MR) is 139 cm³/mol. The Labute approximate surface area is 220 Å². The van der Waals surface area contributed by atoms with Crippen molar-refractivity contribution in [1.82, 2.24) is 24.3 Å². The monoisotopic (exact) mass is 533 g/mol. The number of anilines is 2. The summed E-state index contributed by atoms with van der Waals surface area (Å²) >= 11 is 0. The number of halogens is 3. The molecule has 0 aliphatic heterocycles. The third-order valence-corrected chi connectivity index (χ3v) is 5.72. The van der Waals surface area contributed by atoms with Crippen LogP contribution in [0.1, 0.15) is 12.5 Å². The first-order valence-corrected chi connectivity index (χ1v) is 11.9. The molecule has 39 heavy (non-hydrogen) atoms. The van der Waals surface area contributed by atoms with E-state index in [4.69, 9.17) is 0 Å². The van der Waals surface area contributed by atoms with Crippen LogP contribution >= 0.6 is 0 Å². The molecular weight excluding hydrogens is 511 g/mol. The Hall–Kier alpha value is -5.13. The molecule has 2 amide bonds. The van der Waals surface area contributed by atoms with Crippen LogP contribution in [0.3, 0.4) is 0 Å². The zero-order valence-electron chi connectivity index (χ0n) is 20.6. The van der Waals surface area contributed by atoms with Crippen molar-refractivity contribution in [3.05, 3.63) is 97.1 Å². The lowest BCUT2D eigenvalue weighted by molar-refractivity contribution is -0.274. The topological polar surface area (TPSA) is 98.9 Å². The number of carbonyl (C=O) groups is 1. The summed E-state index contributed by atoms with van der Waals surface area (Å²) in [6.07, 6.45) is 1.00. The van der Waals surface area contributed by atoms with Crippen LogP contribution in [0.25, 0.3) is 22.8 Å². The SMILES string of the molecule is CCc1ccc(-n2ccnc2NC(=O)Nc2ccc(-c3ncn(-c4ccc(OC(F)(F)F)cc4)n3)cc2)cc1. The molecule has 12 heteroatoms. The molecule has 0 saturated carbocycles. The van der Waals surface area contributed by atoms with Crippen molar-refractivity contribution in [2.24, 2.45) is 0 Å². The average Bonchev–Trinajstić information content (AvgIpc) is 3.59. The summed E-state index contributed by atoms with van der Waals surface area (Å²) in [7, 11) is 0. The molecule has 0 radical (unpaired) electrons. The summed E-state index contributed by atoms with van der Waals surface area (Å²) in [5, 5.41) is 9.90. The van der Waals surface area contributed by atoms with Gasteiger partial charge in [0.05, 0.1) is 5.69 Å². The van der Waals surface area contributed by atoms with Gasteiger partial charge in [0.25, 0.3) is 0 Å². The van der Waals surface area contributed by atoms with Crippen LogP contribution in [0.2, 0.25) is 0 Å². The second-order valence-electron chi connectivity index (χ2n) is 8.35.